The molecule has 1 unspecified atom stereocenters. The van der Waals surface area contributed by atoms with Crippen molar-refractivity contribution >= 4 is 0 Å². The Kier molecular flexibility index (Phi) is 6.01. The minimum atomic E-state index is 0.604. The minimum Gasteiger partial charge on any atom is -0.379 e. The summed E-state index contributed by atoms with van der Waals surface area (Å²) in [5.41, 5.74) is 1.23. The number of ether oxygens (including phenoxy) is 1. The number of imidazole rings is 1. The highest BCUT2D eigenvalue weighted by Crippen LogP contribution is 2.13. The Morgan fingerprint density at radius 3 is 2.70 bits per heavy atom. The van der Waals surface area contributed by atoms with Crippen LogP contribution in [0, 0.1) is 5.92 Å². The molecule has 2 rings (SSSR count). The van der Waals surface area contributed by atoms with Gasteiger partial charge in [0.15, 0.2) is 0 Å². The molecule has 0 aromatic carbocycles. The van der Waals surface area contributed by atoms with E-state index in [0.29, 0.717) is 6.04 Å². The molecule has 1 fully saturated rings. The molecule has 2 heterocycles. The number of rotatable bonds is 7. The second kappa shape index (κ2) is 7.76. The summed E-state index contributed by atoms with van der Waals surface area (Å²) in [7, 11) is 2.04. The number of morpholine rings is 1. The maximum atomic E-state index is 5.46. The lowest BCUT2D eigenvalue weighted by Gasteiger charge is -2.35. The predicted molar refractivity (Wildman–Crippen MR) is 80.5 cm³/mol. The minimum absolute atomic E-state index is 0.604. The summed E-state index contributed by atoms with van der Waals surface area (Å²) in [5.74, 6) is 0.723. The highest BCUT2D eigenvalue weighted by atomic mass is 16.5. The zero-order valence-corrected chi connectivity index (χ0v) is 13.0. The lowest BCUT2D eigenvalue weighted by molar-refractivity contribution is 0.0123. The molecule has 0 spiro atoms. The Balaban J connectivity index is 1.82. The van der Waals surface area contributed by atoms with Crippen molar-refractivity contribution < 1.29 is 4.74 Å². The van der Waals surface area contributed by atoms with E-state index in [4.69, 9.17) is 4.74 Å². The van der Waals surface area contributed by atoms with E-state index in [9.17, 15) is 0 Å². The topological polar surface area (TPSA) is 42.3 Å². The van der Waals surface area contributed by atoms with Crippen molar-refractivity contribution in [2.24, 2.45) is 13.0 Å². The van der Waals surface area contributed by atoms with Crippen LogP contribution in [-0.4, -0.2) is 53.3 Å². The van der Waals surface area contributed by atoms with E-state index in [1.165, 1.54) is 12.1 Å². The van der Waals surface area contributed by atoms with Crippen molar-refractivity contribution in [2.75, 3.05) is 32.8 Å². The van der Waals surface area contributed by atoms with Crippen LogP contribution < -0.4 is 5.32 Å². The van der Waals surface area contributed by atoms with Gasteiger partial charge in [-0.1, -0.05) is 13.8 Å². The molecule has 0 bridgehead atoms. The Labute approximate surface area is 122 Å². The summed E-state index contributed by atoms with van der Waals surface area (Å²) in [6.07, 6.45) is 5.02. The molecule has 5 heteroatoms. The average molecular weight is 280 g/mol. The van der Waals surface area contributed by atoms with Crippen molar-refractivity contribution in [3.8, 4) is 0 Å². The smallest absolute Gasteiger partial charge is 0.0945 e. The molecule has 5 nitrogen and oxygen atoms in total. The van der Waals surface area contributed by atoms with Crippen LogP contribution in [0.25, 0.3) is 0 Å². The van der Waals surface area contributed by atoms with Crippen molar-refractivity contribution in [2.45, 2.75) is 32.9 Å². The molecule has 0 aliphatic carbocycles. The average Bonchev–Trinajstić information content (AvgIpc) is 2.84. The van der Waals surface area contributed by atoms with Crippen LogP contribution in [-0.2, 0) is 18.3 Å². The highest BCUT2D eigenvalue weighted by molar-refractivity contribution is 4.96. The standard InChI is InChI=1S/C15H28N4O/c1-13(2)8-14(19-4-6-20-7-5-19)9-16-10-15-11-17-12-18(15)3/h11-14,16H,4-10H2,1-3H3. The van der Waals surface area contributed by atoms with Crippen LogP contribution >= 0.6 is 0 Å². The Hall–Kier alpha value is -0.910. The molecule has 0 saturated carbocycles. The number of aryl methyl sites for hydroxylation is 1. The molecular weight excluding hydrogens is 252 g/mol. The van der Waals surface area contributed by atoms with Crippen LogP contribution in [0.15, 0.2) is 12.5 Å². The largest absolute Gasteiger partial charge is 0.379 e. The van der Waals surface area contributed by atoms with Gasteiger partial charge in [-0.05, 0) is 12.3 Å². The molecule has 20 heavy (non-hydrogen) atoms. The van der Waals surface area contributed by atoms with E-state index in [-0.39, 0.29) is 0 Å². The van der Waals surface area contributed by atoms with Crippen molar-refractivity contribution in [3.05, 3.63) is 18.2 Å². The first kappa shape index (κ1) is 15.5. The van der Waals surface area contributed by atoms with Gasteiger partial charge in [0.2, 0.25) is 0 Å². The van der Waals surface area contributed by atoms with Gasteiger partial charge in [0.05, 0.1) is 25.2 Å². The quantitative estimate of drug-likeness (QED) is 0.816. The monoisotopic (exact) mass is 280 g/mol. The van der Waals surface area contributed by atoms with Crippen LogP contribution in [0.2, 0.25) is 0 Å². The number of nitrogens with zero attached hydrogens (tertiary/aromatic N) is 3. The van der Waals surface area contributed by atoms with E-state index in [2.05, 4.69) is 33.6 Å². The molecular formula is C15H28N4O. The first-order chi connectivity index (χ1) is 9.66. The zero-order chi connectivity index (χ0) is 14.4. The Morgan fingerprint density at radius 1 is 1.35 bits per heavy atom. The van der Waals surface area contributed by atoms with Gasteiger partial charge in [-0.2, -0.15) is 0 Å². The number of aromatic nitrogens is 2. The molecule has 1 aromatic heterocycles. The van der Waals surface area contributed by atoms with Crippen molar-refractivity contribution in [3.63, 3.8) is 0 Å². The summed E-state index contributed by atoms with van der Waals surface area (Å²) in [5, 5.41) is 3.59. The van der Waals surface area contributed by atoms with Crippen LogP contribution in [0.3, 0.4) is 0 Å². The summed E-state index contributed by atoms with van der Waals surface area (Å²) < 4.78 is 7.53. The first-order valence-corrected chi connectivity index (χ1v) is 7.64. The molecule has 1 N–H and O–H groups in total. The molecule has 0 amide bonds. The second-order valence-corrected chi connectivity index (χ2v) is 6.06. The van der Waals surface area contributed by atoms with Crippen molar-refractivity contribution in [1.82, 2.24) is 19.8 Å². The molecule has 1 saturated heterocycles. The third kappa shape index (κ3) is 4.58. The summed E-state index contributed by atoms with van der Waals surface area (Å²) >= 11 is 0. The third-order valence-electron chi connectivity index (χ3n) is 3.91. The van der Waals surface area contributed by atoms with Gasteiger partial charge in [0.25, 0.3) is 0 Å². The Morgan fingerprint density at radius 2 is 2.10 bits per heavy atom. The Bertz CT molecular complexity index is 385. The molecule has 114 valence electrons. The van der Waals surface area contributed by atoms with Gasteiger partial charge in [-0.3, -0.25) is 4.90 Å². The lowest BCUT2D eigenvalue weighted by atomic mass is 10.0. The maximum Gasteiger partial charge on any atom is 0.0945 e. The molecule has 1 aliphatic rings. The third-order valence-corrected chi connectivity index (χ3v) is 3.91. The summed E-state index contributed by atoms with van der Waals surface area (Å²) in [4.78, 5) is 6.72. The first-order valence-electron chi connectivity index (χ1n) is 7.64. The maximum absolute atomic E-state index is 5.46. The summed E-state index contributed by atoms with van der Waals surface area (Å²) in [6, 6.07) is 0.604. The van der Waals surface area contributed by atoms with E-state index < -0.39 is 0 Å². The fourth-order valence-electron chi connectivity index (χ4n) is 2.77. The van der Waals surface area contributed by atoms with Gasteiger partial charge in [0.1, 0.15) is 0 Å². The van der Waals surface area contributed by atoms with E-state index in [1.54, 1.807) is 0 Å². The van der Waals surface area contributed by atoms with Gasteiger partial charge in [0, 0.05) is 45.5 Å². The molecule has 0 radical (unpaired) electrons. The van der Waals surface area contributed by atoms with Crippen molar-refractivity contribution in [1.29, 1.82) is 0 Å². The zero-order valence-electron chi connectivity index (χ0n) is 13.0. The van der Waals surface area contributed by atoms with E-state index in [1.807, 2.05) is 19.6 Å². The second-order valence-electron chi connectivity index (χ2n) is 6.06. The lowest BCUT2D eigenvalue weighted by Crippen LogP contribution is -2.48. The summed E-state index contributed by atoms with van der Waals surface area (Å²) in [6.45, 7) is 10.4. The molecule has 1 aliphatic heterocycles. The molecule has 1 atom stereocenters. The van der Waals surface area contributed by atoms with Crippen LogP contribution in [0.1, 0.15) is 26.0 Å². The van der Waals surface area contributed by atoms with Gasteiger partial charge >= 0.3 is 0 Å². The fourth-order valence-corrected chi connectivity index (χ4v) is 2.77. The van der Waals surface area contributed by atoms with Crippen LogP contribution in [0.5, 0.6) is 0 Å². The number of hydrogen-bond donors (Lipinski definition) is 1. The number of hydrogen-bond acceptors (Lipinski definition) is 4. The van der Waals surface area contributed by atoms with Crippen LogP contribution in [0.4, 0.5) is 0 Å². The van der Waals surface area contributed by atoms with E-state index >= 15 is 0 Å². The van der Waals surface area contributed by atoms with E-state index in [0.717, 1.165) is 45.3 Å². The highest BCUT2D eigenvalue weighted by Gasteiger charge is 2.21. The normalized spacial score (nSPS) is 18.6. The van der Waals surface area contributed by atoms with Gasteiger partial charge < -0.3 is 14.6 Å². The predicted octanol–water partition coefficient (Wildman–Crippen LogP) is 1.26. The van der Waals surface area contributed by atoms with Gasteiger partial charge in [-0.25, -0.2) is 4.98 Å². The SMILES string of the molecule is CC(C)CC(CNCc1cncn1C)N1CCOCC1. The number of nitrogens with one attached hydrogen (secondary N) is 1. The fraction of sp³-hybridized carbons (Fsp3) is 0.800. The molecule has 1 aromatic rings. The van der Waals surface area contributed by atoms with Gasteiger partial charge in [-0.15, -0.1) is 0 Å².